The molecule has 76 valence electrons. The van der Waals surface area contributed by atoms with Gasteiger partial charge in [0.25, 0.3) is 0 Å². The van der Waals surface area contributed by atoms with Gasteiger partial charge in [0, 0.05) is 14.2 Å². The zero-order valence-electron chi connectivity index (χ0n) is 6.16. The van der Waals surface area contributed by atoms with Crippen molar-refractivity contribution < 1.29 is 37.8 Å². The van der Waals surface area contributed by atoms with E-state index in [4.69, 9.17) is 0 Å². The number of rotatable bonds is 2. The van der Waals surface area contributed by atoms with Crippen LogP contribution in [0.4, 0.5) is 0 Å². The summed E-state index contributed by atoms with van der Waals surface area (Å²) in [6.07, 6.45) is 0. The van der Waals surface area contributed by atoms with E-state index >= 15 is 0 Å². The molecule has 0 aliphatic heterocycles. The molecule has 0 bridgehead atoms. The van der Waals surface area contributed by atoms with Crippen molar-refractivity contribution in [2.24, 2.45) is 0 Å². The molecule has 10 heteroatoms. The van der Waals surface area contributed by atoms with Crippen LogP contribution in [0.25, 0.3) is 0 Å². The largest absolute Gasteiger partial charge is 0.790 e. The van der Waals surface area contributed by atoms with Crippen LogP contribution in [0.3, 0.4) is 0 Å². The van der Waals surface area contributed by atoms with Gasteiger partial charge in [0.1, 0.15) is 0 Å². The smallest absolute Gasteiger partial charge is 0.0592 e. The Balaban J connectivity index is 0. The van der Waals surface area contributed by atoms with Gasteiger partial charge in [-0.1, -0.05) is 0 Å². The van der Waals surface area contributed by atoms with Gasteiger partial charge in [-0.05, 0) is 0 Å². The highest BCUT2D eigenvalue weighted by Crippen LogP contribution is 2.21. The lowest BCUT2D eigenvalue weighted by molar-refractivity contribution is -0.341. The normalized spacial score (nSPS) is 11.8. The third kappa shape index (κ3) is 22.5. The second kappa shape index (κ2) is 5.80. The Morgan fingerprint density at radius 1 is 0.833 bits per heavy atom. The monoisotopic (exact) mass is 220 g/mol. The van der Waals surface area contributed by atoms with Gasteiger partial charge < -0.3 is 37.8 Å². The summed E-state index contributed by atoms with van der Waals surface area (Å²) in [5, 5.41) is 0. The molecule has 0 aromatic carbocycles. The Labute approximate surface area is 68.6 Å². The molecule has 0 N–H and O–H groups in total. The van der Waals surface area contributed by atoms with Crippen LogP contribution in [0.5, 0.6) is 0 Å². The van der Waals surface area contributed by atoms with E-state index in [0.717, 1.165) is 14.2 Å². The molecule has 0 saturated heterocycles. The lowest BCUT2D eigenvalue weighted by Crippen LogP contribution is -2.14. The van der Waals surface area contributed by atoms with Crippen molar-refractivity contribution in [3.8, 4) is 0 Å². The van der Waals surface area contributed by atoms with Crippen LogP contribution in [0.15, 0.2) is 0 Å². The molecule has 12 heavy (non-hydrogen) atoms. The summed E-state index contributed by atoms with van der Waals surface area (Å²) in [4.78, 5) is 37.0. The van der Waals surface area contributed by atoms with E-state index in [1.165, 1.54) is 0 Å². The number of phosphoric ester groups is 2. The van der Waals surface area contributed by atoms with Gasteiger partial charge in [0.15, 0.2) is 0 Å². The van der Waals surface area contributed by atoms with Gasteiger partial charge in [-0.25, -0.2) is 0 Å². The molecule has 0 radical (unpaired) electrons. The fourth-order valence-corrected chi connectivity index (χ4v) is 0. The topological polar surface area (TPSA) is 145 Å². The Morgan fingerprint density at radius 3 is 0.917 bits per heavy atom. The molecule has 0 fully saturated rings. The zero-order valence-corrected chi connectivity index (χ0v) is 7.95. The fraction of sp³-hybridized carbons (Fsp3) is 1.00. The van der Waals surface area contributed by atoms with Crippen molar-refractivity contribution in [2.45, 2.75) is 0 Å². The van der Waals surface area contributed by atoms with Crippen LogP contribution in [0, 0.1) is 0 Å². The molecule has 0 unspecified atom stereocenters. The van der Waals surface area contributed by atoms with E-state index in [1.807, 2.05) is 0 Å². The highest BCUT2D eigenvalue weighted by molar-refractivity contribution is 7.43. The average molecular weight is 220 g/mol. The van der Waals surface area contributed by atoms with Crippen LogP contribution in [-0.4, -0.2) is 14.2 Å². The van der Waals surface area contributed by atoms with E-state index < -0.39 is 15.6 Å². The van der Waals surface area contributed by atoms with E-state index in [0.29, 0.717) is 0 Å². The number of phosphoric acid groups is 2. The van der Waals surface area contributed by atoms with Crippen molar-refractivity contribution in [1.29, 1.82) is 0 Å². The summed E-state index contributed by atoms with van der Waals surface area (Å²) in [6, 6.07) is 0. The minimum absolute atomic E-state index is 0.820. The third-order valence-electron chi connectivity index (χ3n) is 0.447. The van der Waals surface area contributed by atoms with Gasteiger partial charge >= 0.3 is 0 Å². The highest BCUT2D eigenvalue weighted by Gasteiger charge is 1.75. The van der Waals surface area contributed by atoms with Crippen LogP contribution >= 0.6 is 15.6 Å². The van der Waals surface area contributed by atoms with E-state index in [-0.39, 0.29) is 0 Å². The first-order chi connectivity index (χ1) is 5.12. The Morgan fingerprint density at radius 2 is 0.917 bits per heavy atom. The maximum absolute atomic E-state index is 9.25. The fourth-order valence-electron chi connectivity index (χ4n) is 0. The quantitative estimate of drug-likeness (QED) is 0.445. The summed E-state index contributed by atoms with van der Waals surface area (Å²) in [5.74, 6) is 0. The van der Waals surface area contributed by atoms with Crippen molar-refractivity contribution in [3.63, 3.8) is 0 Å². The van der Waals surface area contributed by atoms with Gasteiger partial charge in [-0.15, -0.1) is 0 Å². The molecule has 0 saturated carbocycles. The molecule has 8 nitrogen and oxygen atoms in total. The summed E-state index contributed by atoms with van der Waals surface area (Å²) in [7, 11) is -7.65. The van der Waals surface area contributed by atoms with Crippen molar-refractivity contribution >= 4 is 15.6 Å². The Kier molecular flexibility index (Phi) is 7.11. The highest BCUT2D eigenvalue weighted by atomic mass is 31.2. The predicted octanol–water partition coefficient (Wildman–Crippen LogP) is -3.08. The molecular weight excluding hydrogens is 214 g/mol. The Hall–Kier alpha value is 0.220. The molecule has 0 aliphatic rings. The minimum Gasteiger partial charge on any atom is -0.790 e. The summed E-state index contributed by atoms with van der Waals surface area (Å²) in [5.41, 5.74) is 0. The molecule has 0 aromatic rings. The van der Waals surface area contributed by atoms with Crippen molar-refractivity contribution in [3.05, 3.63) is 0 Å². The van der Waals surface area contributed by atoms with E-state index in [1.54, 1.807) is 0 Å². The molecule has 0 atom stereocenters. The molecule has 0 aliphatic carbocycles. The SMILES string of the molecule is COP(=O)([O-])[O-].COP(=O)([O-])[O-]. The molecule has 0 rings (SSSR count). The molecule has 0 amide bonds. The Bertz CT molecular complexity index is 165. The first-order valence-corrected chi connectivity index (χ1v) is 5.20. The minimum atomic E-state index is -4.65. The maximum atomic E-state index is 9.25. The summed E-state index contributed by atoms with van der Waals surface area (Å²) >= 11 is 0. The molecular formula is C2H6O8P2-4. The van der Waals surface area contributed by atoms with Crippen molar-refractivity contribution in [1.82, 2.24) is 0 Å². The number of hydrogen-bond acceptors (Lipinski definition) is 8. The van der Waals surface area contributed by atoms with Crippen LogP contribution in [0.2, 0.25) is 0 Å². The van der Waals surface area contributed by atoms with Crippen molar-refractivity contribution in [2.75, 3.05) is 14.2 Å². The van der Waals surface area contributed by atoms with Crippen LogP contribution in [-0.2, 0) is 18.2 Å². The summed E-state index contributed by atoms with van der Waals surface area (Å²) < 4.78 is 25.3. The van der Waals surface area contributed by atoms with E-state index in [2.05, 4.69) is 9.05 Å². The molecule has 0 aromatic heterocycles. The molecule has 0 heterocycles. The lowest BCUT2D eigenvalue weighted by atomic mass is 11.8. The van der Waals surface area contributed by atoms with Gasteiger partial charge in [-0.2, -0.15) is 0 Å². The standard InChI is InChI=1S/2CH5O4P/c2*1-5-6(2,3)4/h2*1H3,(H2,2,3,4)/p-4. The lowest BCUT2D eigenvalue weighted by Gasteiger charge is -2.25. The van der Waals surface area contributed by atoms with Gasteiger partial charge in [0.05, 0.1) is 15.6 Å². The third-order valence-corrected chi connectivity index (χ3v) is 1.34. The summed E-state index contributed by atoms with van der Waals surface area (Å²) in [6.45, 7) is 0. The second-order valence-electron chi connectivity index (χ2n) is 1.26. The van der Waals surface area contributed by atoms with Crippen LogP contribution < -0.4 is 19.6 Å². The predicted molar refractivity (Wildman–Crippen MR) is 29.2 cm³/mol. The zero-order chi connectivity index (χ0) is 10.4. The average Bonchev–Trinajstić information content (AvgIpc) is 1.86. The first kappa shape index (κ1) is 14.7. The van der Waals surface area contributed by atoms with Gasteiger partial charge in [0.2, 0.25) is 0 Å². The molecule has 0 spiro atoms. The van der Waals surface area contributed by atoms with Crippen LogP contribution in [0.1, 0.15) is 0 Å². The first-order valence-electron chi connectivity index (χ1n) is 2.28. The second-order valence-corrected chi connectivity index (χ2v) is 3.78. The maximum Gasteiger partial charge on any atom is 0.0592 e. The number of hydrogen-bond donors (Lipinski definition) is 0. The van der Waals surface area contributed by atoms with E-state index in [9.17, 15) is 28.7 Å². The van der Waals surface area contributed by atoms with Gasteiger partial charge in [-0.3, -0.25) is 0 Å².